The van der Waals surface area contributed by atoms with Gasteiger partial charge in [0.2, 0.25) is 5.95 Å². The van der Waals surface area contributed by atoms with E-state index in [1.54, 1.807) is 4.68 Å². The number of aromatic amines is 1. The van der Waals surface area contributed by atoms with Gasteiger partial charge in [-0.05, 0) is 13.8 Å². The van der Waals surface area contributed by atoms with Gasteiger partial charge in [0.25, 0.3) is 0 Å². The van der Waals surface area contributed by atoms with Gasteiger partial charge >= 0.3 is 0 Å². The summed E-state index contributed by atoms with van der Waals surface area (Å²) >= 11 is 0. The van der Waals surface area contributed by atoms with Crippen molar-refractivity contribution in [2.24, 2.45) is 7.05 Å². The minimum atomic E-state index is 0.468. The van der Waals surface area contributed by atoms with E-state index in [0.717, 1.165) is 42.7 Å². The van der Waals surface area contributed by atoms with Crippen molar-refractivity contribution >= 4 is 5.95 Å². The Balaban J connectivity index is 1.85. The van der Waals surface area contributed by atoms with Gasteiger partial charge in [0.15, 0.2) is 5.82 Å². The van der Waals surface area contributed by atoms with Gasteiger partial charge in [0.1, 0.15) is 0 Å². The Morgan fingerprint density at radius 3 is 2.95 bits per heavy atom. The molecule has 1 saturated heterocycles. The van der Waals surface area contributed by atoms with Crippen LogP contribution in [0.1, 0.15) is 12.6 Å². The number of H-pyrrole nitrogens is 1. The number of rotatable bonds is 2. The van der Waals surface area contributed by atoms with E-state index in [1.165, 1.54) is 0 Å². The second kappa shape index (κ2) is 4.65. The van der Waals surface area contributed by atoms with E-state index in [1.807, 2.05) is 20.2 Å². The van der Waals surface area contributed by atoms with Crippen LogP contribution in [0.15, 0.2) is 6.20 Å². The van der Waals surface area contributed by atoms with Crippen LogP contribution in [0, 0.1) is 6.92 Å². The zero-order valence-electron chi connectivity index (χ0n) is 11.5. The SMILES string of the molecule is Cc1nn(C)cc1-c1nc(N2CCN[C@@H](C)C2)n[nH]1. The summed E-state index contributed by atoms with van der Waals surface area (Å²) in [6.45, 7) is 6.99. The Morgan fingerprint density at radius 1 is 1.42 bits per heavy atom. The smallest absolute Gasteiger partial charge is 0.245 e. The predicted octanol–water partition coefficient (Wildman–Crippen LogP) is 0.312. The maximum Gasteiger partial charge on any atom is 0.245 e. The molecule has 2 aromatic heterocycles. The van der Waals surface area contributed by atoms with Crippen molar-refractivity contribution in [3.05, 3.63) is 11.9 Å². The van der Waals surface area contributed by atoms with Gasteiger partial charge in [-0.3, -0.25) is 9.78 Å². The summed E-state index contributed by atoms with van der Waals surface area (Å²) in [6.07, 6.45) is 1.96. The molecule has 102 valence electrons. The number of aromatic nitrogens is 5. The average molecular weight is 261 g/mol. The van der Waals surface area contributed by atoms with Crippen LogP contribution < -0.4 is 10.2 Å². The zero-order chi connectivity index (χ0) is 13.4. The van der Waals surface area contributed by atoms with Gasteiger partial charge in [0.05, 0.1) is 11.3 Å². The first-order valence-electron chi connectivity index (χ1n) is 6.55. The normalized spacial score (nSPS) is 19.9. The summed E-state index contributed by atoms with van der Waals surface area (Å²) in [4.78, 5) is 6.79. The van der Waals surface area contributed by atoms with Crippen LogP contribution in [-0.4, -0.2) is 50.6 Å². The molecule has 2 aromatic rings. The molecule has 0 aliphatic carbocycles. The summed E-state index contributed by atoms with van der Waals surface area (Å²) in [5.41, 5.74) is 1.96. The van der Waals surface area contributed by atoms with Crippen LogP contribution in [0.2, 0.25) is 0 Å². The number of nitrogens with one attached hydrogen (secondary N) is 2. The topological polar surface area (TPSA) is 74.7 Å². The first-order valence-corrected chi connectivity index (χ1v) is 6.55. The molecule has 19 heavy (non-hydrogen) atoms. The minimum absolute atomic E-state index is 0.468. The lowest BCUT2D eigenvalue weighted by Gasteiger charge is -2.30. The van der Waals surface area contributed by atoms with Crippen molar-refractivity contribution in [2.75, 3.05) is 24.5 Å². The van der Waals surface area contributed by atoms with Gasteiger partial charge in [-0.1, -0.05) is 0 Å². The Hall–Kier alpha value is -1.89. The number of nitrogens with zero attached hydrogens (tertiary/aromatic N) is 5. The first-order chi connectivity index (χ1) is 9.13. The highest BCUT2D eigenvalue weighted by Crippen LogP contribution is 2.20. The van der Waals surface area contributed by atoms with Crippen LogP contribution in [0.5, 0.6) is 0 Å². The van der Waals surface area contributed by atoms with Gasteiger partial charge in [-0.25, -0.2) is 0 Å². The number of hydrogen-bond acceptors (Lipinski definition) is 5. The molecule has 2 N–H and O–H groups in total. The molecular weight excluding hydrogens is 242 g/mol. The maximum absolute atomic E-state index is 4.59. The molecule has 1 fully saturated rings. The van der Waals surface area contributed by atoms with Crippen molar-refractivity contribution in [1.82, 2.24) is 30.3 Å². The molecule has 0 bridgehead atoms. The highest BCUT2D eigenvalue weighted by Gasteiger charge is 2.20. The predicted molar refractivity (Wildman–Crippen MR) is 73.0 cm³/mol. The van der Waals surface area contributed by atoms with Crippen molar-refractivity contribution < 1.29 is 0 Å². The number of piperazine rings is 1. The molecule has 3 heterocycles. The second-order valence-electron chi connectivity index (χ2n) is 5.09. The number of aryl methyl sites for hydroxylation is 2. The summed E-state index contributed by atoms with van der Waals surface area (Å²) in [7, 11) is 1.91. The second-order valence-corrected chi connectivity index (χ2v) is 5.09. The van der Waals surface area contributed by atoms with E-state index in [4.69, 9.17) is 0 Å². The van der Waals surface area contributed by atoms with E-state index in [9.17, 15) is 0 Å². The lowest BCUT2D eigenvalue weighted by atomic mass is 10.2. The quantitative estimate of drug-likeness (QED) is 0.814. The molecule has 0 radical (unpaired) electrons. The molecule has 0 amide bonds. The van der Waals surface area contributed by atoms with Crippen molar-refractivity contribution in [1.29, 1.82) is 0 Å². The third kappa shape index (κ3) is 2.33. The molecule has 3 rings (SSSR count). The first kappa shape index (κ1) is 12.2. The Morgan fingerprint density at radius 2 is 2.26 bits per heavy atom. The van der Waals surface area contributed by atoms with Gasteiger partial charge in [0, 0.05) is 38.9 Å². The molecule has 1 aliphatic heterocycles. The van der Waals surface area contributed by atoms with Crippen LogP contribution in [0.4, 0.5) is 5.95 Å². The lowest BCUT2D eigenvalue weighted by molar-refractivity contribution is 0.480. The zero-order valence-corrected chi connectivity index (χ0v) is 11.5. The molecule has 0 unspecified atom stereocenters. The van der Waals surface area contributed by atoms with E-state index in [0.29, 0.717) is 6.04 Å². The van der Waals surface area contributed by atoms with Crippen molar-refractivity contribution in [3.8, 4) is 11.4 Å². The van der Waals surface area contributed by atoms with Gasteiger partial charge in [-0.15, -0.1) is 5.10 Å². The standard InChI is InChI=1S/C12H19N7/c1-8-6-19(5-4-13-8)12-14-11(15-16-12)10-7-18(3)17-9(10)2/h7-8,13H,4-6H2,1-3H3,(H,14,15,16)/t8-/m0/s1. The molecule has 0 spiro atoms. The molecular formula is C12H19N7. The third-order valence-corrected chi connectivity index (χ3v) is 3.39. The molecule has 7 nitrogen and oxygen atoms in total. The van der Waals surface area contributed by atoms with E-state index < -0.39 is 0 Å². The summed E-state index contributed by atoms with van der Waals surface area (Å²) in [5, 5.41) is 15.1. The largest absolute Gasteiger partial charge is 0.337 e. The molecule has 1 atom stereocenters. The maximum atomic E-state index is 4.59. The van der Waals surface area contributed by atoms with Crippen LogP contribution >= 0.6 is 0 Å². The van der Waals surface area contributed by atoms with Gasteiger partial charge < -0.3 is 10.2 Å². The summed E-state index contributed by atoms with van der Waals surface area (Å²) < 4.78 is 1.79. The number of hydrogen-bond donors (Lipinski definition) is 2. The average Bonchev–Trinajstić information content (AvgIpc) is 2.96. The van der Waals surface area contributed by atoms with E-state index >= 15 is 0 Å². The molecule has 1 aliphatic rings. The highest BCUT2D eigenvalue weighted by atomic mass is 15.4. The molecule has 0 saturated carbocycles. The Bertz CT molecular complexity index is 570. The van der Waals surface area contributed by atoms with Crippen LogP contribution in [-0.2, 0) is 7.05 Å². The highest BCUT2D eigenvalue weighted by molar-refractivity contribution is 5.58. The fraction of sp³-hybridized carbons (Fsp3) is 0.583. The van der Waals surface area contributed by atoms with Gasteiger partial charge in [-0.2, -0.15) is 10.1 Å². The Labute approximate surface area is 112 Å². The minimum Gasteiger partial charge on any atom is -0.337 e. The van der Waals surface area contributed by atoms with E-state index in [2.05, 4.69) is 37.4 Å². The van der Waals surface area contributed by atoms with Crippen molar-refractivity contribution in [3.63, 3.8) is 0 Å². The monoisotopic (exact) mass is 261 g/mol. The van der Waals surface area contributed by atoms with Crippen LogP contribution in [0.3, 0.4) is 0 Å². The fourth-order valence-electron chi connectivity index (χ4n) is 2.46. The summed E-state index contributed by atoms with van der Waals surface area (Å²) in [6, 6.07) is 0.468. The van der Waals surface area contributed by atoms with E-state index in [-0.39, 0.29) is 0 Å². The van der Waals surface area contributed by atoms with Crippen molar-refractivity contribution in [2.45, 2.75) is 19.9 Å². The number of anilines is 1. The Kier molecular flexibility index (Phi) is 2.98. The molecule has 7 heteroatoms. The lowest BCUT2D eigenvalue weighted by Crippen LogP contribution is -2.49. The fourth-order valence-corrected chi connectivity index (χ4v) is 2.46. The molecule has 0 aromatic carbocycles. The van der Waals surface area contributed by atoms with Crippen LogP contribution in [0.25, 0.3) is 11.4 Å². The third-order valence-electron chi connectivity index (χ3n) is 3.39. The summed E-state index contributed by atoms with van der Waals surface area (Å²) in [5.74, 6) is 1.55.